The summed E-state index contributed by atoms with van der Waals surface area (Å²) in [7, 11) is 2.03. The Morgan fingerprint density at radius 3 is 2.57 bits per heavy atom. The molecule has 2 nitrogen and oxygen atoms in total. The molecule has 1 N–H and O–H groups in total. The van der Waals surface area contributed by atoms with Gasteiger partial charge in [-0.1, -0.05) is 32.0 Å². The van der Waals surface area contributed by atoms with E-state index in [0.29, 0.717) is 0 Å². The van der Waals surface area contributed by atoms with Crippen LogP contribution in [-0.2, 0) is 6.42 Å². The van der Waals surface area contributed by atoms with Gasteiger partial charge in [-0.25, -0.2) is 0 Å². The van der Waals surface area contributed by atoms with E-state index >= 15 is 0 Å². The van der Waals surface area contributed by atoms with Gasteiger partial charge in [-0.05, 0) is 18.1 Å². The number of para-hydroxylation sites is 1. The molecule has 1 aliphatic rings. The van der Waals surface area contributed by atoms with Crippen LogP contribution in [0, 0.1) is 0 Å². The molecular weight excluding hydrogens is 174 g/mol. The van der Waals surface area contributed by atoms with Crippen LogP contribution in [0.25, 0.3) is 0 Å². The molecule has 14 heavy (non-hydrogen) atoms. The van der Waals surface area contributed by atoms with Gasteiger partial charge in [0.05, 0.1) is 12.6 Å². The average Bonchev–Trinajstić information content (AvgIpc) is 2.59. The van der Waals surface area contributed by atoms with Crippen LogP contribution in [0.1, 0.15) is 19.4 Å². The van der Waals surface area contributed by atoms with Gasteiger partial charge in [-0.15, -0.1) is 0 Å². The Morgan fingerprint density at radius 2 is 2.00 bits per heavy atom. The van der Waals surface area contributed by atoms with Crippen molar-refractivity contribution in [3.05, 3.63) is 29.8 Å². The number of fused-ring (bicyclic) bond motifs is 1. The predicted octanol–water partition coefficient (Wildman–Crippen LogP) is 2.07. The normalized spacial score (nSPS) is 18.6. The Kier molecular flexibility index (Phi) is 3.96. The summed E-state index contributed by atoms with van der Waals surface area (Å²) in [5.41, 5.74) is 2.61. The van der Waals surface area contributed by atoms with Crippen molar-refractivity contribution in [1.82, 2.24) is 0 Å². The van der Waals surface area contributed by atoms with Gasteiger partial charge in [0.15, 0.2) is 0 Å². The highest BCUT2D eigenvalue weighted by molar-refractivity contribution is 5.58. The van der Waals surface area contributed by atoms with Crippen molar-refractivity contribution in [1.29, 1.82) is 0 Å². The molecule has 1 atom stereocenters. The molecule has 1 unspecified atom stereocenters. The summed E-state index contributed by atoms with van der Waals surface area (Å²) in [6, 6.07) is 8.59. The monoisotopic (exact) mass is 193 g/mol. The molecule has 0 fully saturated rings. The van der Waals surface area contributed by atoms with E-state index in [1.165, 1.54) is 11.3 Å². The van der Waals surface area contributed by atoms with Crippen molar-refractivity contribution >= 4 is 5.69 Å². The van der Waals surface area contributed by atoms with E-state index in [2.05, 4.69) is 17.0 Å². The highest BCUT2D eigenvalue weighted by atomic mass is 16.3. The average molecular weight is 193 g/mol. The maximum absolute atomic E-state index is 9.07. The fraction of sp³-hybridized carbons (Fsp3) is 0.500. The number of hydrogen-bond donors (Lipinski definition) is 1. The van der Waals surface area contributed by atoms with Crippen LogP contribution in [-0.4, -0.2) is 24.8 Å². The van der Waals surface area contributed by atoms with E-state index in [1.54, 1.807) is 0 Å². The zero-order chi connectivity index (χ0) is 10.6. The van der Waals surface area contributed by atoms with Gasteiger partial charge < -0.3 is 10.0 Å². The van der Waals surface area contributed by atoms with Gasteiger partial charge >= 0.3 is 0 Å². The highest BCUT2D eigenvalue weighted by Crippen LogP contribution is 2.29. The van der Waals surface area contributed by atoms with Crippen LogP contribution >= 0.6 is 0 Å². The third kappa shape index (κ3) is 1.90. The Balaban J connectivity index is 0.000000461. The Labute approximate surface area is 86.2 Å². The summed E-state index contributed by atoms with van der Waals surface area (Å²) in [5.74, 6) is 0. The lowest BCUT2D eigenvalue weighted by Gasteiger charge is -2.19. The molecule has 0 aromatic heterocycles. The number of anilines is 1. The fourth-order valence-electron chi connectivity index (χ4n) is 1.80. The molecule has 1 aromatic rings. The second-order valence-corrected chi connectivity index (χ2v) is 3.28. The molecule has 2 rings (SSSR count). The molecular formula is C12H19NO. The van der Waals surface area contributed by atoms with Gasteiger partial charge in [0.25, 0.3) is 0 Å². The molecule has 1 aromatic carbocycles. The van der Waals surface area contributed by atoms with E-state index in [0.717, 1.165) is 6.42 Å². The number of hydrogen-bond acceptors (Lipinski definition) is 2. The maximum Gasteiger partial charge on any atom is 0.0638 e. The van der Waals surface area contributed by atoms with Gasteiger partial charge in [0, 0.05) is 12.7 Å². The first kappa shape index (κ1) is 11.1. The molecule has 0 radical (unpaired) electrons. The second kappa shape index (κ2) is 5.01. The number of rotatable bonds is 1. The van der Waals surface area contributed by atoms with E-state index in [-0.39, 0.29) is 12.6 Å². The summed E-state index contributed by atoms with van der Waals surface area (Å²) < 4.78 is 0. The predicted molar refractivity (Wildman–Crippen MR) is 60.8 cm³/mol. The Morgan fingerprint density at radius 1 is 1.36 bits per heavy atom. The summed E-state index contributed by atoms with van der Waals surface area (Å²) in [6.45, 7) is 4.24. The molecule has 0 spiro atoms. The van der Waals surface area contributed by atoms with Crippen LogP contribution in [0.3, 0.4) is 0 Å². The molecule has 0 aliphatic carbocycles. The van der Waals surface area contributed by atoms with Crippen molar-refractivity contribution in [2.45, 2.75) is 26.3 Å². The van der Waals surface area contributed by atoms with Crippen molar-refractivity contribution in [3.63, 3.8) is 0 Å². The largest absolute Gasteiger partial charge is 0.394 e. The highest BCUT2D eigenvalue weighted by Gasteiger charge is 2.24. The van der Waals surface area contributed by atoms with Crippen LogP contribution in [0.2, 0.25) is 0 Å². The lowest BCUT2D eigenvalue weighted by Crippen LogP contribution is -2.30. The zero-order valence-electron chi connectivity index (χ0n) is 9.20. The summed E-state index contributed by atoms with van der Waals surface area (Å²) >= 11 is 0. The van der Waals surface area contributed by atoms with Crippen LogP contribution < -0.4 is 4.90 Å². The van der Waals surface area contributed by atoms with Crippen LogP contribution in [0.5, 0.6) is 0 Å². The molecule has 0 bridgehead atoms. The van der Waals surface area contributed by atoms with Crippen molar-refractivity contribution in [2.75, 3.05) is 18.6 Å². The second-order valence-electron chi connectivity index (χ2n) is 3.28. The van der Waals surface area contributed by atoms with E-state index in [4.69, 9.17) is 5.11 Å². The minimum Gasteiger partial charge on any atom is -0.394 e. The Bertz CT molecular complexity index is 285. The minimum absolute atomic E-state index is 0.241. The lowest BCUT2D eigenvalue weighted by molar-refractivity contribution is 0.266. The SMILES string of the molecule is CC.CN1c2ccccc2CC1CO. The van der Waals surface area contributed by atoms with Gasteiger partial charge in [-0.3, -0.25) is 0 Å². The van der Waals surface area contributed by atoms with E-state index in [9.17, 15) is 0 Å². The van der Waals surface area contributed by atoms with Gasteiger partial charge in [-0.2, -0.15) is 0 Å². The standard InChI is InChI=1S/C10H13NO.C2H6/c1-11-9(7-12)6-8-4-2-3-5-10(8)11;1-2/h2-5,9,12H,6-7H2,1H3;1-2H3. The van der Waals surface area contributed by atoms with Crippen LogP contribution in [0.15, 0.2) is 24.3 Å². The number of likely N-dealkylation sites (N-methyl/N-ethyl adjacent to an activating group) is 1. The van der Waals surface area contributed by atoms with Crippen LogP contribution in [0.4, 0.5) is 5.69 Å². The third-order valence-electron chi connectivity index (χ3n) is 2.59. The maximum atomic E-state index is 9.07. The first-order valence-corrected chi connectivity index (χ1v) is 5.24. The summed E-state index contributed by atoms with van der Waals surface area (Å²) in [4.78, 5) is 2.15. The van der Waals surface area contributed by atoms with Gasteiger partial charge in [0.2, 0.25) is 0 Å². The van der Waals surface area contributed by atoms with Crippen molar-refractivity contribution in [2.24, 2.45) is 0 Å². The molecule has 0 saturated carbocycles. The topological polar surface area (TPSA) is 23.5 Å². The molecule has 1 heterocycles. The third-order valence-corrected chi connectivity index (χ3v) is 2.59. The smallest absolute Gasteiger partial charge is 0.0638 e. The molecule has 2 heteroatoms. The van der Waals surface area contributed by atoms with Crippen molar-refractivity contribution < 1.29 is 5.11 Å². The number of nitrogens with zero attached hydrogens (tertiary/aromatic N) is 1. The first-order chi connectivity index (χ1) is 6.83. The van der Waals surface area contributed by atoms with E-state index in [1.807, 2.05) is 33.0 Å². The molecule has 0 amide bonds. The Hall–Kier alpha value is -1.02. The van der Waals surface area contributed by atoms with Crippen molar-refractivity contribution in [3.8, 4) is 0 Å². The minimum atomic E-state index is 0.241. The lowest BCUT2D eigenvalue weighted by atomic mass is 10.1. The molecule has 0 saturated heterocycles. The molecule has 1 aliphatic heterocycles. The van der Waals surface area contributed by atoms with E-state index < -0.39 is 0 Å². The number of aliphatic hydroxyl groups excluding tert-OH is 1. The molecule has 78 valence electrons. The first-order valence-electron chi connectivity index (χ1n) is 5.24. The number of benzene rings is 1. The number of aliphatic hydroxyl groups is 1. The summed E-state index contributed by atoms with van der Waals surface area (Å²) in [6.07, 6.45) is 0.975. The quantitative estimate of drug-likeness (QED) is 0.738. The summed E-state index contributed by atoms with van der Waals surface area (Å²) in [5, 5.41) is 9.07. The van der Waals surface area contributed by atoms with Gasteiger partial charge in [0.1, 0.15) is 0 Å². The zero-order valence-corrected chi connectivity index (χ0v) is 9.20. The fourth-order valence-corrected chi connectivity index (χ4v) is 1.80.